The van der Waals surface area contributed by atoms with Gasteiger partial charge < -0.3 is 4.74 Å². The fourth-order valence-corrected chi connectivity index (χ4v) is 2.39. The Hall–Kier alpha value is -1.88. The second-order valence-electron chi connectivity index (χ2n) is 6.10. The van der Waals surface area contributed by atoms with E-state index in [1.165, 1.54) is 6.07 Å². The summed E-state index contributed by atoms with van der Waals surface area (Å²) in [7, 11) is 0. The molecule has 0 radical (unpaired) electrons. The summed E-state index contributed by atoms with van der Waals surface area (Å²) in [5.41, 5.74) is -0.240. The molecule has 0 spiro atoms. The van der Waals surface area contributed by atoms with Gasteiger partial charge in [-0.2, -0.15) is 5.06 Å². The lowest BCUT2D eigenvalue weighted by Crippen LogP contribution is -2.42. The first-order valence-corrected chi connectivity index (χ1v) is 6.92. The second kappa shape index (κ2) is 5.85. The average Bonchev–Trinajstić information content (AvgIpc) is 2.85. The summed E-state index contributed by atoms with van der Waals surface area (Å²) in [6, 6.07) is 5.81. The van der Waals surface area contributed by atoms with Gasteiger partial charge in [-0.25, -0.2) is 9.18 Å². The smallest absolute Gasteiger partial charge is 0.434 e. The molecule has 21 heavy (non-hydrogen) atoms. The molecule has 2 rings (SSSR count). The van der Waals surface area contributed by atoms with Crippen molar-refractivity contribution in [3.63, 3.8) is 0 Å². The molecule has 0 aromatic heterocycles. The van der Waals surface area contributed by atoms with Gasteiger partial charge in [0.25, 0.3) is 0 Å². The maximum Gasteiger partial charge on any atom is 0.434 e. The van der Waals surface area contributed by atoms with E-state index in [-0.39, 0.29) is 11.7 Å². The lowest BCUT2D eigenvalue weighted by atomic mass is 9.94. The number of nitrogens with zero attached hydrogens (tertiary/aromatic N) is 1. The van der Waals surface area contributed by atoms with Crippen molar-refractivity contribution in [1.82, 2.24) is 5.06 Å². The zero-order chi connectivity index (χ0) is 15.6. The van der Waals surface area contributed by atoms with Crippen molar-refractivity contribution < 1.29 is 19.1 Å². The van der Waals surface area contributed by atoms with Crippen molar-refractivity contribution in [2.45, 2.75) is 44.8 Å². The molecule has 114 valence electrons. The van der Waals surface area contributed by atoms with Crippen LogP contribution in [-0.2, 0) is 4.74 Å². The van der Waals surface area contributed by atoms with Crippen molar-refractivity contribution in [3.05, 3.63) is 47.8 Å². The second-order valence-corrected chi connectivity index (χ2v) is 6.10. The van der Waals surface area contributed by atoms with Crippen LogP contribution in [-0.4, -0.2) is 28.0 Å². The zero-order valence-electron chi connectivity index (χ0n) is 12.4. The van der Waals surface area contributed by atoms with Gasteiger partial charge in [0.2, 0.25) is 0 Å². The first-order chi connectivity index (χ1) is 9.79. The average molecular weight is 293 g/mol. The number of ether oxygens (including phenoxy) is 1. The number of benzene rings is 1. The Morgan fingerprint density at radius 2 is 2.05 bits per heavy atom. The molecule has 1 amide bonds. The van der Waals surface area contributed by atoms with Gasteiger partial charge in [-0.3, -0.25) is 5.21 Å². The highest BCUT2D eigenvalue weighted by Gasteiger charge is 2.35. The van der Waals surface area contributed by atoms with Crippen molar-refractivity contribution in [2.75, 3.05) is 0 Å². The number of hydroxylamine groups is 2. The van der Waals surface area contributed by atoms with E-state index in [0.717, 1.165) is 0 Å². The van der Waals surface area contributed by atoms with Gasteiger partial charge in [-0.15, -0.1) is 0 Å². The minimum absolute atomic E-state index is 0.350. The summed E-state index contributed by atoms with van der Waals surface area (Å²) in [4.78, 5) is 11.9. The fraction of sp³-hybridized carbons (Fsp3) is 0.438. The molecular formula is C16H20FNO3. The fourth-order valence-electron chi connectivity index (χ4n) is 2.39. The van der Waals surface area contributed by atoms with E-state index in [1.807, 2.05) is 6.08 Å². The molecule has 0 bridgehead atoms. The van der Waals surface area contributed by atoms with Gasteiger partial charge in [0, 0.05) is 5.92 Å². The number of carbonyl (C=O) groups excluding carboxylic acids is 1. The molecule has 0 heterocycles. The standard InChI is InChI=1S/C16H20FNO3/c1-16(2,3)21-15(19)18(20)14-10-6-8-12(14)11-7-4-5-9-13(11)17/h4-9,12,14,20H,10H2,1-3H3/t12-,14-/m0/s1. The van der Waals surface area contributed by atoms with Crippen LogP contribution in [0.4, 0.5) is 9.18 Å². The molecule has 1 aliphatic carbocycles. The maximum absolute atomic E-state index is 13.9. The summed E-state index contributed by atoms with van der Waals surface area (Å²) in [5, 5.41) is 10.7. The zero-order valence-corrected chi connectivity index (χ0v) is 12.4. The molecule has 5 heteroatoms. The van der Waals surface area contributed by atoms with E-state index in [2.05, 4.69) is 0 Å². The minimum Gasteiger partial charge on any atom is -0.442 e. The first-order valence-electron chi connectivity index (χ1n) is 6.92. The highest BCUT2D eigenvalue weighted by atomic mass is 19.1. The molecule has 1 aromatic carbocycles. The molecule has 4 nitrogen and oxygen atoms in total. The summed E-state index contributed by atoms with van der Waals surface area (Å²) < 4.78 is 19.0. The number of rotatable bonds is 2. The van der Waals surface area contributed by atoms with Crippen LogP contribution in [0.2, 0.25) is 0 Å². The number of hydrogen-bond acceptors (Lipinski definition) is 3. The van der Waals surface area contributed by atoms with Crippen LogP contribution in [0.3, 0.4) is 0 Å². The molecule has 1 aromatic rings. The minimum atomic E-state index is -0.822. The maximum atomic E-state index is 13.9. The Morgan fingerprint density at radius 1 is 1.38 bits per heavy atom. The Balaban J connectivity index is 2.16. The van der Waals surface area contributed by atoms with E-state index in [0.29, 0.717) is 17.0 Å². The van der Waals surface area contributed by atoms with Crippen LogP contribution < -0.4 is 0 Å². The molecule has 2 atom stereocenters. The van der Waals surface area contributed by atoms with Gasteiger partial charge >= 0.3 is 6.09 Å². The molecule has 1 aliphatic rings. The molecule has 0 unspecified atom stereocenters. The third kappa shape index (κ3) is 3.61. The number of hydrogen-bond donors (Lipinski definition) is 1. The predicted octanol–water partition coefficient (Wildman–Crippen LogP) is 3.86. The summed E-state index contributed by atoms with van der Waals surface area (Å²) in [6.07, 6.45) is 3.26. The topological polar surface area (TPSA) is 49.8 Å². The van der Waals surface area contributed by atoms with Crippen LogP contribution >= 0.6 is 0 Å². The number of halogens is 1. The number of carbonyl (C=O) groups is 1. The first kappa shape index (κ1) is 15.5. The van der Waals surface area contributed by atoms with E-state index in [1.54, 1.807) is 45.0 Å². The normalized spacial score (nSPS) is 21.4. The van der Waals surface area contributed by atoms with E-state index in [4.69, 9.17) is 4.74 Å². The molecule has 1 N–H and O–H groups in total. The molecule has 0 fully saturated rings. The lowest BCUT2D eigenvalue weighted by Gasteiger charge is -2.30. The Morgan fingerprint density at radius 3 is 2.67 bits per heavy atom. The van der Waals surface area contributed by atoms with Crippen LogP contribution in [0.5, 0.6) is 0 Å². The van der Waals surface area contributed by atoms with E-state index in [9.17, 15) is 14.4 Å². The van der Waals surface area contributed by atoms with Gasteiger partial charge in [-0.05, 0) is 38.8 Å². The largest absolute Gasteiger partial charge is 0.442 e. The van der Waals surface area contributed by atoms with Crippen molar-refractivity contribution in [1.29, 1.82) is 0 Å². The van der Waals surface area contributed by atoms with Gasteiger partial charge in [0.1, 0.15) is 11.4 Å². The number of amides is 1. The van der Waals surface area contributed by atoms with E-state index < -0.39 is 17.7 Å². The molecule has 0 saturated heterocycles. The molecular weight excluding hydrogens is 273 g/mol. The Bertz CT molecular complexity index is 551. The molecule has 0 aliphatic heterocycles. The highest BCUT2D eigenvalue weighted by Crippen LogP contribution is 2.33. The SMILES string of the molecule is CC(C)(C)OC(=O)N(O)[C@H]1CC=C[C@H]1c1ccccc1F. The van der Waals surface area contributed by atoms with Gasteiger partial charge in [-0.1, -0.05) is 30.4 Å². The van der Waals surface area contributed by atoms with Crippen molar-refractivity contribution in [2.24, 2.45) is 0 Å². The van der Waals surface area contributed by atoms with Crippen LogP contribution in [0.15, 0.2) is 36.4 Å². The third-order valence-corrected chi connectivity index (χ3v) is 3.29. The summed E-state index contributed by atoms with van der Waals surface area (Å²) in [5.74, 6) is -0.736. The molecule has 0 saturated carbocycles. The Kier molecular flexibility index (Phi) is 4.32. The lowest BCUT2D eigenvalue weighted by molar-refractivity contribution is -0.120. The van der Waals surface area contributed by atoms with Crippen molar-refractivity contribution >= 4 is 6.09 Å². The van der Waals surface area contributed by atoms with Crippen LogP contribution in [0, 0.1) is 5.82 Å². The summed E-state index contributed by atoms with van der Waals surface area (Å²) >= 11 is 0. The van der Waals surface area contributed by atoms with Crippen molar-refractivity contribution in [3.8, 4) is 0 Å². The highest BCUT2D eigenvalue weighted by molar-refractivity contribution is 5.67. The van der Waals surface area contributed by atoms with Crippen LogP contribution in [0.25, 0.3) is 0 Å². The Labute approximate surface area is 123 Å². The third-order valence-electron chi connectivity index (χ3n) is 3.29. The monoisotopic (exact) mass is 293 g/mol. The van der Waals surface area contributed by atoms with Crippen LogP contribution in [0.1, 0.15) is 38.7 Å². The van der Waals surface area contributed by atoms with E-state index >= 15 is 0 Å². The quantitative estimate of drug-likeness (QED) is 0.511. The summed E-state index contributed by atoms with van der Waals surface area (Å²) in [6.45, 7) is 5.17. The van der Waals surface area contributed by atoms with Gasteiger partial charge in [0.15, 0.2) is 0 Å². The predicted molar refractivity (Wildman–Crippen MR) is 76.5 cm³/mol. The van der Waals surface area contributed by atoms with Gasteiger partial charge in [0.05, 0.1) is 6.04 Å².